The summed E-state index contributed by atoms with van der Waals surface area (Å²) >= 11 is 0. The van der Waals surface area contributed by atoms with E-state index >= 15 is 0 Å². The molecule has 1 aromatic carbocycles. The van der Waals surface area contributed by atoms with Gasteiger partial charge in [0.15, 0.2) is 0 Å². The molecule has 0 saturated heterocycles. The number of para-hydroxylation sites is 2. The number of nitrogens with one attached hydrogen (secondary N) is 1. The van der Waals surface area contributed by atoms with Crippen LogP contribution in [-0.4, -0.2) is 23.1 Å². The van der Waals surface area contributed by atoms with E-state index in [0.717, 1.165) is 0 Å². The summed E-state index contributed by atoms with van der Waals surface area (Å²) in [7, 11) is 0. The Hall–Kier alpha value is -2.04. The highest BCUT2D eigenvalue weighted by Crippen LogP contribution is 2.28. The molecular weight excluding hydrogens is 186 g/mol. The summed E-state index contributed by atoms with van der Waals surface area (Å²) in [6.07, 6.45) is -1.45. The van der Waals surface area contributed by atoms with E-state index in [0.29, 0.717) is 11.4 Å². The average molecular weight is 193 g/mol. The third-order valence-corrected chi connectivity index (χ3v) is 1.85. The van der Waals surface area contributed by atoms with Gasteiger partial charge in [-0.15, -0.1) is 0 Å². The van der Waals surface area contributed by atoms with Crippen molar-refractivity contribution in [2.24, 2.45) is 0 Å². The van der Waals surface area contributed by atoms with Gasteiger partial charge in [0, 0.05) is 0 Å². The van der Waals surface area contributed by atoms with Gasteiger partial charge in [0.25, 0.3) is 12.0 Å². The van der Waals surface area contributed by atoms with E-state index in [1.807, 2.05) is 0 Å². The number of carbonyl (C=O) groups is 2. The summed E-state index contributed by atoms with van der Waals surface area (Å²) in [5, 5.41) is 11.1. The third kappa shape index (κ3) is 1.28. The molecule has 0 aliphatic carbocycles. The van der Waals surface area contributed by atoms with E-state index in [1.54, 1.807) is 24.3 Å². The Morgan fingerprint density at radius 1 is 1.43 bits per heavy atom. The molecule has 2 N–H and O–H groups in total. The van der Waals surface area contributed by atoms with E-state index in [9.17, 15) is 9.59 Å². The fourth-order valence-corrected chi connectivity index (χ4v) is 1.21. The average Bonchev–Trinajstić information content (AvgIpc) is 2.16. The molecule has 0 fully saturated rings. The standard InChI is InChI=1S/C9H7NO4/c11-8-7(9(12)13)14-6-4-2-1-3-5(6)10-8/h1-4,7H,(H,10,11)(H,12,13)/t7-/m1/s1. The van der Waals surface area contributed by atoms with E-state index in [4.69, 9.17) is 9.84 Å². The molecule has 2 rings (SSSR count). The van der Waals surface area contributed by atoms with Crippen LogP contribution >= 0.6 is 0 Å². The molecule has 5 heteroatoms. The molecule has 0 saturated carbocycles. The Balaban J connectivity index is 2.36. The molecule has 0 aromatic heterocycles. The molecular formula is C9H7NO4. The molecule has 5 nitrogen and oxygen atoms in total. The maximum absolute atomic E-state index is 11.2. The Labute approximate surface area is 79.3 Å². The highest BCUT2D eigenvalue weighted by Gasteiger charge is 2.33. The monoisotopic (exact) mass is 193 g/mol. The number of aliphatic carboxylic acids is 1. The van der Waals surface area contributed by atoms with Gasteiger partial charge in [-0.1, -0.05) is 12.1 Å². The van der Waals surface area contributed by atoms with Crippen molar-refractivity contribution in [1.29, 1.82) is 0 Å². The number of hydrogen-bond donors (Lipinski definition) is 2. The van der Waals surface area contributed by atoms with Crippen molar-refractivity contribution in [2.75, 3.05) is 5.32 Å². The maximum Gasteiger partial charge on any atom is 0.354 e. The first-order chi connectivity index (χ1) is 6.68. The van der Waals surface area contributed by atoms with Gasteiger partial charge in [-0.2, -0.15) is 0 Å². The molecule has 1 aromatic rings. The zero-order valence-corrected chi connectivity index (χ0v) is 7.06. The fourth-order valence-electron chi connectivity index (χ4n) is 1.21. The highest BCUT2D eigenvalue weighted by atomic mass is 16.5. The maximum atomic E-state index is 11.2. The largest absolute Gasteiger partial charge is 0.478 e. The lowest BCUT2D eigenvalue weighted by atomic mass is 10.2. The number of amides is 1. The van der Waals surface area contributed by atoms with E-state index in [1.165, 1.54) is 0 Å². The molecule has 1 heterocycles. The Kier molecular flexibility index (Phi) is 1.85. The van der Waals surface area contributed by atoms with E-state index < -0.39 is 18.0 Å². The lowest BCUT2D eigenvalue weighted by Crippen LogP contribution is -2.42. The number of rotatable bonds is 1. The van der Waals surface area contributed by atoms with Crippen LogP contribution in [0.3, 0.4) is 0 Å². The molecule has 0 spiro atoms. The van der Waals surface area contributed by atoms with Crippen LogP contribution in [0.2, 0.25) is 0 Å². The van der Waals surface area contributed by atoms with Crippen molar-refractivity contribution in [2.45, 2.75) is 6.10 Å². The van der Waals surface area contributed by atoms with Gasteiger partial charge < -0.3 is 15.2 Å². The van der Waals surface area contributed by atoms with Crippen molar-refractivity contribution in [3.63, 3.8) is 0 Å². The van der Waals surface area contributed by atoms with Gasteiger partial charge in [0.2, 0.25) is 0 Å². The first kappa shape index (κ1) is 8.55. The lowest BCUT2D eigenvalue weighted by Gasteiger charge is -2.22. The highest BCUT2D eigenvalue weighted by molar-refractivity contribution is 6.09. The van der Waals surface area contributed by atoms with Gasteiger partial charge in [-0.3, -0.25) is 4.79 Å². The molecule has 1 amide bonds. The first-order valence-electron chi connectivity index (χ1n) is 3.98. The van der Waals surface area contributed by atoms with Gasteiger partial charge in [0.1, 0.15) is 5.75 Å². The number of fused-ring (bicyclic) bond motifs is 1. The zero-order chi connectivity index (χ0) is 10.1. The van der Waals surface area contributed by atoms with Crippen molar-refractivity contribution in [3.05, 3.63) is 24.3 Å². The van der Waals surface area contributed by atoms with Crippen LogP contribution in [0.15, 0.2) is 24.3 Å². The summed E-state index contributed by atoms with van der Waals surface area (Å²) in [4.78, 5) is 21.8. The van der Waals surface area contributed by atoms with Gasteiger partial charge in [-0.25, -0.2) is 4.79 Å². The second kappa shape index (κ2) is 3.02. The summed E-state index contributed by atoms with van der Waals surface area (Å²) < 4.78 is 4.99. The number of ether oxygens (including phenoxy) is 1. The minimum atomic E-state index is -1.45. The smallest absolute Gasteiger partial charge is 0.354 e. The Bertz CT molecular complexity index is 402. The van der Waals surface area contributed by atoms with Crippen molar-refractivity contribution in [1.82, 2.24) is 0 Å². The van der Waals surface area contributed by atoms with Gasteiger partial charge in [-0.05, 0) is 12.1 Å². The molecule has 72 valence electrons. The normalized spacial score (nSPS) is 19.1. The minimum Gasteiger partial charge on any atom is -0.478 e. The predicted molar refractivity (Wildman–Crippen MR) is 47.1 cm³/mol. The SMILES string of the molecule is O=C(O)[C@@H]1Oc2ccccc2NC1=O. The van der Waals surface area contributed by atoms with Crippen LogP contribution in [0.4, 0.5) is 5.69 Å². The van der Waals surface area contributed by atoms with Gasteiger partial charge in [0.05, 0.1) is 5.69 Å². The molecule has 0 unspecified atom stereocenters. The number of anilines is 1. The minimum absolute atomic E-state index is 0.375. The summed E-state index contributed by atoms with van der Waals surface area (Å²) in [6, 6.07) is 6.68. The quantitative estimate of drug-likeness (QED) is 0.635. The van der Waals surface area contributed by atoms with Crippen LogP contribution < -0.4 is 10.1 Å². The first-order valence-corrected chi connectivity index (χ1v) is 3.98. The van der Waals surface area contributed by atoms with Crippen molar-refractivity contribution < 1.29 is 19.4 Å². The molecule has 1 aliphatic rings. The summed E-state index contributed by atoms with van der Waals surface area (Å²) in [6.45, 7) is 0. The van der Waals surface area contributed by atoms with E-state index in [-0.39, 0.29) is 0 Å². The van der Waals surface area contributed by atoms with Crippen molar-refractivity contribution >= 4 is 17.6 Å². The predicted octanol–water partition coefficient (Wildman–Crippen LogP) is 0.471. The second-order valence-electron chi connectivity index (χ2n) is 2.82. The molecule has 0 bridgehead atoms. The van der Waals surface area contributed by atoms with Crippen LogP contribution in [-0.2, 0) is 9.59 Å². The number of benzene rings is 1. The second-order valence-corrected chi connectivity index (χ2v) is 2.82. The van der Waals surface area contributed by atoms with Crippen LogP contribution in [0.25, 0.3) is 0 Å². The number of carboxylic acid groups (broad SMARTS) is 1. The van der Waals surface area contributed by atoms with E-state index in [2.05, 4.69) is 5.32 Å². The fraction of sp³-hybridized carbons (Fsp3) is 0.111. The summed E-state index contributed by atoms with van der Waals surface area (Å²) in [5.41, 5.74) is 0.495. The number of carboxylic acids is 1. The Morgan fingerprint density at radius 3 is 2.86 bits per heavy atom. The van der Waals surface area contributed by atoms with Crippen LogP contribution in [0, 0.1) is 0 Å². The van der Waals surface area contributed by atoms with Crippen molar-refractivity contribution in [3.8, 4) is 5.75 Å². The van der Waals surface area contributed by atoms with Crippen LogP contribution in [0.1, 0.15) is 0 Å². The topological polar surface area (TPSA) is 75.6 Å². The lowest BCUT2D eigenvalue weighted by molar-refractivity contribution is -0.149. The van der Waals surface area contributed by atoms with Gasteiger partial charge >= 0.3 is 5.97 Å². The summed E-state index contributed by atoms with van der Waals surface area (Å²) in [5.74, 6) is -1.58. The Morgan fingerprint density at radius 2 is 2.14 bits per heavy atom. The molecule has 14 heavy (non-hydrogen) atoms. The number of hydrogen-bond acceptors (Lipinski definition) is 3. The molecule has 0 radical (unpaired) electrons. The third-order valence-electron chi connectivity index (χ3n) is 1.85. The molecule has 1 atom stereocenters. The number of carbonyl (C=O) groups excluding carboxylic acids is 1. The zero-order valence-electron chi connectivity index (χ0n) is 7.06. The van der Waals surface area contributed by atoms with Crippen LogP contribution in [0.5, 0.6) is 5.75 Å². The molecule has 1 aliphatic heterocycles.